The van der Waals surface area contributed by atoms with Crippen molar-refractivity contribution in [2.24, 2.45) is 16.3 Å². The molecule has 4 rings (SSSR count). The number of aliphatic imine (C=N–C) groups is 1. The molecular weight excluding hydrogens is 406 g/mol. The fourth-order valence-corrected chi connectivity index (χ4v) is 5.43. The van der Waals surface area contributed by atoms with Gasteiger partial charge in [0.15, 0.2) is 17.3 Å². The van der Waals surface area contributed by atoms with E-state index in [1.807, 2.05) is 13.0 Å². The number of phenols is 1. The van der Waals surface area contributed by atoms with Crippen molar-refractivity contribution in [3.8, 4) is 11.5 Å². The van der Waals surface area contributed by atoms with Gasteiger partial charge in [-0.25, -0.2) is 0 Å². The number of hydrogen-bond acceptors (Lipinski definition) is 6. The number of allylic oxidation sites excluding steroid dienone is 2. The summed E-state index contributed by atoms with van der Waals surface area (Å²) in [6, 6.07) is 5.09. The highest BCUT2D eigenvalue weighted by Gasteiger charge is 2.46. The van der Waals surface area contributed by atoms with Crippen molar-refractivity contribution in [3.63, 3.8) is 0 Å². The highest BCUT2D eigenvalue weighted by atomic mass is 16.5. The Kier molecular flexibility index (Phi) is 6.15. The molecule has 1 aromatic rings. The Morgan fingerprint density at radius 1 is 1.16 bits per heavy atom. The van der Waals surface area contributed by atoms with Gasteiger partial charge in [0, 0.05) is 29.3 Å². The molecule has 1 aromatic carbocycles. The maximum absolute atomic E-state index is 13.5. The minimum absolute atomic E-state index is 0.0169. The van der Waals surface area contributed by atoms with E-state index >= 15 is 0 Å². The summed E-state index contributed by atoms with van der Waals surface area (Å²) in [7, 11) is 1.49. The fourth-order valence-electron chi connectivity index (χ4n) is 5.43. The van der Waals surface area contributed by atoms with Gasteiger partial charge in [-0.1, -0.05) is 26.3 Å². The molecule has 172 valence electrons. The number of carbonyl (C=O) groups is 2. The molecule has 1 N–H and O–H groups in total. The molecule has 0 aromatic heterocycles. The number of aromatic hydroxyl groups is 1. The van der Waals surface area contributed by atoms with Gasteiger partial charge in [-0.3, -0.25) is 14.6 Å². The van der Waals surface area contributed by atoms with Crippen molar-refractivity contribution in [1.82, 2.24) is 0 Å². The summed E-state index contributed by atoms with van der Waals surface area (Å²) in [6.07, 6.45) is 6.06. The van der Waals surface area contributed by atoms with Gasteiger partial charge >= 0.3 is 5.97 Å². The van der Waals surface area contributed by atoms with E-state index in [4.69, 9.17) is 14.5 Å². The number of nitrogens with zero attached hydrogens (tertiary/aromatic N) is 1. The van der Waals surface area contributed by atoms with Crippen molar-refractivity contribution in [3.05, 3.63) is 35.0 Å². The zero-order valence-corrected chi connectivity index (χ0v) is 19.4. The normalized spacial score (nSPS) is 25.8. The second-order valence-corrected chi connectivity index (χ2v) is 10.1. The monoisotopic (exact) mass is 439 g/mol. The molecule has 0 amide bonds. The predicted molar refractivity (Wildman–Crippen MR) is 122 cm³/mol. The van der Waals surface area contributed by atoms with Crippen LogP contribution in [0.15, 0.2) is 34.5 Å². The van der Waals surface area contributed by atoms with Crippen LogP contribution in [0.5, 0.6) is 11.5 Å². The molecule has 0 spiro atoms. The van der Waals surface area contributed by atoms with Gasteiger partial charge in [0.05, 0.1) is 7.11 Å². The molecule has 6 heteroatoms. The lowest BCUT2D eigenvalue weighted by atomic mass is 9.67. The van der Waals surface area contributed by atoms with Gasteiger partial charge in [-0.05, 0) is 62.1 Å². The van der Waals surface area contributed by atoms with Crippen LogP contribution in [-0.2, 0) is 14.3 Å². The Hall–Kier alpha value is -2.63. The minimum Gasteiger partial charge on any atom is -0.504 e. The number of Topliss-reactive ketones (excluding diaryl/α,β-unsaturated/α-hetero) is 1. The van der Waals surface area contributed by atoms with E-state index in [2.05, 4.69) is 13.8 Å². The minimum atomic E-state index is -0.686. The van der Waals surface area contributed by atoms with Crippen LogP contribution in [0.2, 0.25) is 0 Å². The van der Waals surface area contributed by atoms with Gasteiger partial charge in [-0.2, -0.15) is 0 Å². The smallest absolute Gasteiger partial charge is 0.315 e. The zero-order valence-electron chi connectivity index (χ0n) is 19.4. The van der Waals surface area contributed by atoms with E-state index in [1.165, 1.54) is 13.5 Å². The third-order valence-electron chi connectivity index (χ3n) is 6.95. The maximum Gasteiger partial charge on any atom is 0.315 e. The third kappa shape index (κ3) is 4.32. The largest absolute Gasteiger partial charge is 0.504 e. The van der Waals surface area contributed by atoms with E-state index < -0.39 is 11.8 Å². The van der Waals surface area contributed by atoms with E-state index in [0.29, 0.717) is 35.4 Å². The van der Waals surface area contributed by atoms with Crippen molar-refractivity contribution in [2.45, 2.75) is 77.7 Å². The molecule has 32 heavy (non-hydrogen) atoms. The SMILES string of the molecule is COc1ccc([C@H]2C3=C(CC(C)(C)CC3=O)N=C(C)C2C(=O)OC2CCCCC2)cc1O. The lowest BCUT2D eigenvalue weighted by Crippen LogP contribution is -2.40. The van der Waals surface area contributed by atoms with Crippen LogP contribution in [0, 0.1) is 11.3 Å². The highest BCUT2D eigenvalue weighted by molar-refractivity contribution is 6.09. The van der Waals surface area contributed by atoms with Gasteiger partial charge < -0.3 is 14.6 Å². The second kappa shape index (κ2) is 8.72. The molecule has 0 radical (unpaired) electrons. The number of methoxy groups -OCH3 is 1. The van der Waals surface area contributed by atoms with Crippen LogP contribution in [0.3, 0.4) is 0 Å². The first-order valence-electron chi connectivity index (χ1n) is 11.6. The van der Waals surface area contributed by atoms with Crippen LogP contribution >= 0.6 is 0 Å². The van der Waals surface area contributed by atoms with Gasteiger partial charge in [0.1, 0.15) is 12.0 Å². The molecule has 1 unspecified atom stereocenters. The lowest BCUT2D eigenvalue weighted by molar-refractivity contribution is -0.153. The topological polar surface area (TPSA) is 85.2 Å². The Balaban J connectivity index is 1.77. The fraction of sp³-hybridized carbons (Fsp3) is 0.577. The Morgan fingerprint density at radius 3 is 2.53 bits per heavy atom. The number of benzene rings is 1. The van der Waals surface area contributed by atoms with E-state index in [9.17, 15) is 14.7 Å². The first-order chi connectivity index (χ1) is 15.2. The molecule has 1 saturated carbocycles. The van der Waals surface area contributed by atoms with Crippen LogP contribution < -0.4 is 4.74 Å². The van der Waals surface area contributed by atoms with E-state index in [0.717, 1.165) is 31.4 Å². The van der Waals surface area contributed by atoms with E-state index in [1.54, 1.807) is 12.1 Å². The summed E-state index contributed by atoms with van der Waals surface area (Å²) in [5.74, 6) is -1.20. The molecule has 2 aliphatic carbocycles. The maximum atomic E-state index is 13.5. The number of rotatable bonds is 4. The quantitative estimate of drug-likeness (QED) is 0.660. The summed E-state index contributed by atoms with van der Waals surface area (Å²) in [5, 5.41) is 10.4. The summed E-state index contributed by atoms with van der Waals surface area (Å²) < 4.78 is 11.1. The number of hydrogen-bond donors (Lipinski definition) is 1. The van der Waals surface area contributed by atoms with Crippen LogP contribution in [0.4, 0.5) is 0 Å². The summed E-state index contributed by atoms with van der Waals surface area (Å²) in [5.41, 5.74) is 2.52. The highest BCUT2D eigenvalue weighted by Crippen LogP contribution is 2.49. The second-order valence-electron chi connectivity index (χ2n) is 10.1. The first-order valence-corrected chi connectivity index (χ1v) is 11.6. The molecule has 1 fully saturated rings. The van der Waals surface area contributed by atoms with Crippen LogP contribution in [-0.4, -0.2) is 35.8 Å². The average molecular weight is 440 g/mol. The van der Waals surface area contributed by atoms with E-state index in [-0.39, 0.29) is 29.0 Å². The molecule has 1 heterocycles. The number of esters is 1. The summed E-state index contributed by atoms with van der Waals surface area (Å²) in [4.78, 5) is 31.6. The number of phenolic OH excluding ortho intramolecular Hbond substituents is 1. The number of ketones is 1. The van der Waals surface area contributed by atoms with Crippen molar-refractivity contribution < 1.29 is 24.2 Å². The van der Waals surface area contributed by atoms with Gasteiger partial charge in [0.2, 0.25) is 0 Å². The molecule has 0 bridgehead atoms. The molecular formula is C26H33NO5. The first kappa shape index (κ1) is 22.6. The molecule has 0 saturated heterocycles. The Bertz CT molecular complexity index is 984. The Morgan fingerprint density at radius 2 is 1.88 bits per heavy atom. The molecule has 2 atom stereocenters. The van der Waals surface area contributed by atoms with Crippen LogP contribution in [0.1, 0.15) is 77.2 Å². The standard InChI is InChI=1S/C26H33NO5/c1-15-22(25(30)32-17-8-6-5-7-9-17)23(16-10-11-21(31-4)19(28)12-16)24-18(27-15)13-26(2,3)14-20(24)29/h10-12,17,22-23,28H,5-9,13-14H2,1-4H3/t22?,23-/m1/s1. The van der Waals surface area contributed by atoms with Gasteiger partial charge in [-0.15, -0.1) is 0 Å². The molecule has 6 nitrogen and oxygen atoms in total. The predicted octanol–water partition coefficient (Wildman–Crippen LogP) is 5.09. The zero-order chi connectivity index (χ0) is 23.0. The van der Waals surface area contributed by atoms with Crippen molar-refractivity contribution >= 4 is 17.5 Å². The summed E-state index contributed by atoms with van der Waals surface area (Å²) in [6.45, 7) is 5.98. The number of carbonyl (C=O) groups excluding carboxylic acids is 2. The van der Waals surface area contributed by atoms with Crippen molar-refractivity contribution in [2.75, 3.05) is 7.11 Å². The third-order valence-corrected chi connectivity index (χ3v) is 6.95. The number of ether oxygens (including phenoxy) is 2. The van der Waals surface area contributed by atoms with Gasteiger partial charge in [0.25, 0.3) is 0 Å². The molecule has 3 aliphatic rings. The van der Waals surface area contributed by atoms with Crippen molar-refractivity contribution in [1.29, 1.82) is 0 Å². The lowest BCUT2D eigenvalue weighted by Gasteiger charge is -2.39. The molecule has 1 aliphatic heterocycles. The van der Waals surface area contributed by atoms with Crippen LogP contribution in [0.25, 0.3) is 0 Å². The Labute approximate surface area is 189 Å². The average Bonchev–Trinajstić information content (AvgIpc) is 2.72. The summed E-state index contributed by atoms with van der Waals surface area (Å²) >= 11 is 0.